The molecular weight excluding hydrogens is 394 g/mol. The van der Waals surface area contributed by atoms with Gasteiger partial charge in [-0.25, -0.2) is 4.98 Å². The van der Waals surface area contributed by atoms with Crippen molar-refractivity contribution in [1.82, 2.24) is 4.98 Å². The monoisotopic (exact) mass is 411 g/mol. The van der Waals surface area contributed by atoms with Crippen LogP contribution in [0.3, 0.4) is 0 Å². The number of aromatic nitrogens is 1. The van der Waals surface area contributed by atoms with E-state index in [2.05, 4.69) is 10.3 Å². The minimum atomic E-state index is -0.130. The number of nitrogens with zero attached hydrogens (tertiary/aromatic N) is 3. The van der Waals surface area contributed by atoms with Gasteiger partial charge in [-0.1, -0.05) is 29.8 Å². The van der Waals surface area contributed by atoms with E-state index in [1.807, 2.05) is 54.7 Å². The molecule has 0 atom stereocenters. The molecule has 142 valence electrons. The number of hydrogen-bond donors (Lipinski definition) is 2. The van der Waals surface area contributed by atoms with Crippen LogP contribution in [0.2, 0.25) is 5.02 Å². The number of amides is 1. The predicted molar refractivity (Wildman–Crippen MR) is 117 cm³/mol. The molecule has 0 aliphatic carbocycles. The van der Waals surface area contributed by atoms with Crippen LogP contribution in [0.25, 0.3) is 11.3 Å². The summed E-state index contributed by atoms with van der Waals surface area (Å²) in [5.74, 6) is -0.130. The summed E-state index contributed by atoms with van der Waals surface area (Å²) in [6.45, 7) is 0. The molecule has 0 unspecified atom stereocenters. The van der Waals surface area contributed by atoms with Crippen molar-refractivity contribution in [2.45, 2.75) is 6.42 Å². The Balaban J connectivity index is 1.80. The van der Waals surface area contributed by atoms with E-state index in [4.69, 9.17) is 22.3 Å². The van der Waals surface area contributed by atoms with E-state index in [0.29, 0.717) is 27.2 Å². The summed E-state index contributed by atoms with van der Waals surface area (Å²) in [7, 11) is 3.83. The number of carbonyl (C=O) groups excluding carboxylic acids is 1. The third-order valence-electron chi connectivity index (χ3n) is 4.42. The molecule has 0 saturated carbocycles. The second kappa shape index (κ2) is 7.26. The van der Waals surface area contributed by atoms with E-state index in [1.54, 1.807) is 6.07 Å². The first-order valence-electron chi connectivity index (χ1n) is 8.61. The molecule has 0 radical (unpaired) electrons. The number of hydrogen-bond acceptors (Lipinski definition) is 6. The maximum Gasteiger partial charge on any atom is 0.230 e. The number of halogens is 1. The van der Waals surface area contributed by atoms with Gasteiger partial charge in [0.05, 0.1) is 39.9 Å². The molecule has 8 heteroatoms. The van der Waals surface area contributed by atoms with E-state index in [0.717, 1.165) is 22.5 Å². The summed E-state index contributed by atoms with van der Waals surface area (Å²) < 4.78 is 0. The van der Waals surface area contributed by atoms with Crippen molar-refractivity contribution in [2.24, 2.45) is 4.99 Å². The first-order chi connectivity index (χ1) is 13.4. The number of rotatable bonds is 3. The van der Waals surface area contributed by atoms with Crippen LogP contribution >= 0.6 is 22.9 Å². The van der Waals surface area contributed by atoms with Crippen molar-refractivity contribution in [3.8, 4) is 11.3 Å². The summed E-state index contributed by atoms with van der Waals surface area (Å²) in [5.41, 5.74) is 11.2. The van der Waals surface area contributed by atoms with Gasteiger partial charge in [0.2, 0.25) is 5.91 Å². The van der Waals surface area contributed by atoms with Crippen LogP contribution in [0.15, 0.2) is 46.8 Å². The highest BCUT2D eigenvalue weighted by Crippen LogP contribution is 2.38. The normalized spacial score (nSPS) is 13.4. The average Bonchev–Trinajstić information content (AvgIpc) is 3.01. The van der Waals surface area contributed by atoms with Gasteiger partial charge in [0.1, 0.15) is 0 Å². The summed E-state index contributed by atoms with van der Waals surface area (Å²) in [6, 6.07) is 11.4. The number of thiazole rings is 1. The third-order valence-corrected chi connectivity index (χ3v) is 5.39. The third kappa shape index (κ3) is 3.58. The van der Waals surface area contributed by atoms with Gasteiger partial charge in [0.25, 0.3) is 0 Å². The van der Waals surface area contributed by atoms with Gasteiger partial charge in [-0.05, 0) is 23.8 Å². The summed E-state index contributed by atoms with van der Waals surface area (Å²) in [5, 5.41) is 5.89. The molecule has 1 aromatic heterocycles. The lowest BCUT2D eigenvalue weighted by atomic mass is 10.0. The van der Waals surface area contributed by atoms with Crippen molar-refractivity contribution in [2.75, 3.05) is 30.0 Å². The Hall–Kier alpha value is -2.90. The zero-order valence-electron chi connectivity index (χ0n) is 15.4. The number of fused-ring (bicyclic) bond motifs is 1. The largest absolute Gasteiger partial charge is 0.376 e. The molecule has 0 bridgehead atoms. The van der Waals surface area contributed by atoms with E-state index < -0.39 is 0 Å². The Bertz CT molecular complexity index is 1110. The zero-order valence-corrected chi connectivity index (χ0v) is 16.9. The first-order valence-corrected chi connectivity index (χ1v) is 9.86. The Labute approximate surface area is 171 Å². The molecule has 6 nitrogen and oxygen atoms in total. The average molecular weight is 412 g/mol. The van der Waals surface area contributed by atoms with Crippen molar-refractivity contribution < 1.29 is 4.79 Å². The quantitative estimate of drug-likeness (QED) is 0.661. The maximum absolute atomic E-state index is 12.4. The molecular formula is C20H18ClN5OS. The highest BCUT2D eigenvalue weighted by molar-refractivity contribution is 7.13. The molecule has 4 rings (SSSR count). The molecule has 28 heavy (non-hydrogen) atoms. The Morgan fingerprint density at radius 1 is 1.21 bits per heavy atom. The topological polar surface area (TPSA) is 83.6 Å². The van der Waals surface area contributed by atoms with Gasteiger partial charge in [-0.15, -0.1) is 11.3 Å². The zero-order chi connectivity index (χ0) is 19.8. The van der Waals surface area contributed by atoms with Crippen LogP contribution in [-0.2, 0) is 4.79 Å². The number of carbonyl (C=O) groups is 1. The second-order valence-electron chi connectivity index (χ2n) is 6.65. The minimum absolute atomic E-state index is 0.130. The van der Waals surface area contributed by atoms with Gasteiger partial charge < -0.3 is 16.0 Å². The van der Waals surface area contributed by atoms with Crippen molar-refractivity contribution in [3.63, 3.8) is 0 Å². The Kier molecular flexibility index (Phi) is 4.78. The highest BCUT2D eigenvalue weighted by Gasteiger charge is 2.20. The fourth-order valence-electron chi connectivity index (χ4n) is 3.06. The number of aliphatic imine (C=N–C) groups is 1. The molecule has 2 aromatic carbocycles. The van der Waals surface area contributed by atoms with Gasteiger partial charge in [-0.2, -0.15) is 0 Å². The van der Waals surface area contributed by atoms with Crippen LogP contribution in [0.1, 0.15) is 12.0 Å². The molecule has 2 heterocycles. The lowest BCUT2D eigenvalue weighted by Gasteiger charge is -2.16. The maximum atomic E-state index is 12.4. The minimum Gasteiger partial charge on any atom is -0.376 e. The molecule has 1 aliphatic heterocycles. The fraction of sp³-hybridized carbons (Fsp3) is 0.150. The smallest absolute Gasteiger partial charge is 0.230 e. The SMILES string of the molecule is CN(C)c1cc2c(cc1Cl)NC(=O)CC(c1cccc(-c3csc(N)n3)c1)=N2. The highest BCUT2D eigenvalue weighted by atomic mass is 35.5. The molecule has 3 aromatic rings. The number of nitrogens with one attached hydrogen (secondary N) is 1. The van der Waals surface area contributed by atoms with E-state index in [1.165, 1.54) is 11.3 Å². The van der Waals surface area contributed by atoms with Crippen LogP contribution in [0.4, 0.5) is 22.2 Å². The van der Waals surface area contributed by atoms with Crippen LogP contribution in [0.5, 0.6) is 0 Å². The number of benzene rings is 2. The van der Waals surface area contributed by atoms with Crippen molar-refractivity contribution in [3.05, 3.63) is 52.4 Å². The summed E-state index contributed by atoms with van der Waals surface area (Å²) in [6.07, 6.45) is 0.173. The van der Waals surface area contributed by atoms with Crippen LogP contribution in [0, 0.1) is 0 Å². The van der Waals surface area contributed by atoms with Gasteiger partial charge in [0, 0.05) is 25.0 Å². The number of nitrogens with two attached hydrogens (primary N) is 1. The van der Waals surface area contributed by atoms with E-state index >= 15 is 0 Å². The molecule has 3 N–H and O–H groups in total. The molecule has 0 spiro atoms. The standard InChI is InChI=1S/C20H18ClN5OS/c1-26(2)18-8-16-15(7-13(18)21)24-19(27)9-14(23-16)11-4-3-5-12(6-11)17-10-28-20(22)25-17/h3-8,10H,9H2,1-2H3,(H2,22,25)(H,24,27). The lowest BCUT2D eigenvalue weighted by molar-refractivity contribution is -0.115. The number of nitrogen functional groups attached to an aromatic ring is 1. The van der Waals surface area contributed by atoms with E-state index in [-0.39, 0.29) is 12.3 Å². The van der Waals surface area contributed by atoms with Crippen LogP contribution in [-0.4, -0.2) is 30.7 Å². The number of anilines is 3. The van der Waals surface area contributed by atoms with Crippen molar-refractivity contribution >= 4 is 56.8 Å². The predicted octanol–water partition coefficient (Wildman–Crippen LogP) is 4.57. The van der Waals surface area contributed by atoms with Gasteiger partial charge >= 0.3 is 0 Å². The molecule has 1 aliphatic rings. The Morgan fingerprint density at radius 3 is 2.71 bits per heavy atom. The Morgan fingerprint density at radius 2 is 2.00 bits per heavy atom. The molecule has 1 amide bonds. The van der Waals surface area contributed by atoms with Crippen molar-refractivity contribution in [1.29, 1.82) is 0 Å². The molecule has 0 saturated heterocycles. The lowest BCUT2D eigenvalue weighted by Crippen LogP contribution is -2.15. The first kappa shape index (κ1) is 18.5. The fourth-order valence-corrected chi connectivity index (χ4v) is 3.97. The van der Waals surface area contributed by atoms with Gasteiger partial charge in [0.15, 0.2) is 5.13 Å². The van der Waals surface area contributed by atoms with Gasteiger partial charge in [-0.3, -0.25) is 9.79 Å². The summed E-state index contributed by atoms with van der Waals surface area (Å²) >= 11 is 7.74. The summed E-state index contributed by atoms with van der Waals surface area (Å²) in [4.78, 5) is 23.5. The molecule has 0 fully saturated rings. The second-order valence-corrected chi connectivity index (χ2v) is 7.95. The van der Waals surface area contributed by atoms with E-state index in [9.17, 15) is 4.79 Å². The van der Waals surface area contributed by atoms with Crippen LogP contribution < -0.4 is 16.0 Å².